The Labute approximate surface area is 105 Å². The number of fused-ring (bicyclic) bond motifs is 1. The number of nitrogens with one attached hydrogen (secondary N) is 1. The number of hydrogen-bond acceptors (Lipinski definition) is 3. The zero-order valence-electron chi connectivity index (χ0n) is 10.0. The Morgan fingerprint density at radius 2 is 2.06 bits per heavy atom. The monoisotopic (exact) mass is 241 g/mol. The highest BCUT2D eigenvalue weighted by atomic mass is 16.2. The lowest BCUT2D eigenvalue weighted by Crippen LogP contribution is -2.42. The molecule has 4 nitrogen and oxygen atoms in total. The van der Waals surface area contributed by atoms with Crippen LogP contribution in [-0.2, 0) is 0 Å². The molecule has 0 bridgehead atoms. The first-order valence-electron chi connectivity index (χ1n) is 6.11. The Morgan fingerprint density at radius 1 is 1.28 bits per heavy atom. The van der Waals surface area contributed by atoms with E-state index in [0.29, 0.717) is 12.2 Å². The van der Waals surface area contributed by atoms with Crippen molar-refractivity contribution in [3.8, 4) is 0 Å². The highest BCUT2D eigenvalue weighted by Crippen LogP contribution is 2.34. The van der Waals surface area contributed by atoms with Crippen molar-refractivity contribution in [3.63, 3.8) is 0 Å². The molecular weight excluding hydrogens is 226 g/mol. The smallest absolute Gasteiger partial charge is 0.270 e. The second-order valence-corrected chi connectivity index (χ2v) is 4.83. The van der Waals surface area contributed by atoms with Crippen molar-refractivity contribution < 1.29 is 4.79 Å². The van der Waals surface area contributed by atoms with E-state index in [4.69, 9.17) is 5.73 Å². The molecule has 0 aliphatic heterocycles. The summed E-state index contributed by atoms with van der Waals surface area (Å²) in [7, 11) is 0. The van der Waals surface area contributed by atoms with E-state index >= 15 is 0 Å². The van der Waals surface area contributed by atoms with Crippen molar-refractivity contribution >= 4 is 16.8 Å². The number of rotatable bonds is 3. The first-order chi connectivity index (χ1) is 8.72. The second kappa shape index (κ2) is 4.07. The molecule has 3 rings (SSSR count). The lowest BCUT2D eigenvalue weighted by atomic mass is 10.2. The maximum absolute atomic E-state index is 12.1. The minimum absolute atomic E-state index is 0.135. The maximum atomic E-state index is 12.1. The number of pyridine rings is 1. The average molecular weight is 241 g/mol. The van der Waals surface area contributed by atoms with Gasteiger partial charge in [0.1, 0.15) is 5.69 Å². The number of amides is 1. The van der Waals surface area contributed by atoms with Crippen LogP contribution in [0.3, 0.4) is 0 Å². The van der Waals surface area contributed by atoms with E-state index in [1.54, 1.807) is 6.07 Å². The second-order valence-electron chi connectivity index (χ2n) is 4.83. The fraction of sp³-hybridized carbons (Fsp3) is 0.286. The van der Waals surface area contributed by atoms with Crippen LogP contribution in [0.15, 0.2) is 36.4 Å². The van der Waals surface area contributed by atoms with Crippen molar-refractivity contribution in [2.75, 3.05) is 6.54 Å². The van der Waals surface area contributed by atoms with Gasteiger partial charge in [-0.15, -0.1) is 0 Å². The topological polar surface area (TPSA) is 68.0 Å². The fourth-order valence-electron chi connectivity index (χ4n) is 2.03. The summed E-state index contributed by atoms with van der Waals surface area (Å²) >= 11 is 0. The van der Waals surface area contributed by atoms with Gasteiger partial charge in [0.15, 0.2) is 0 Å². The summed E-state index contributed by atoms with van der Waals surface area (Å²) in [6.07, 6.45) is 1.92. The number of nitrogens with zero attached hydrogens (tertiary/aromatic N) is 1. The number of carbonyl (C=O) groups is 1. The van der Waals surface area contributed by atoms with Crippen LogP contribution in [0.4, 0.5) is 0 Å². The van der Waals surface area contributed by atoms with Crippen LogP contribution < -0.4 is 11.1 Å². The highest BCUT2D eigenvalue weighted by molar-refractivity contribution is 5.95. The van der Waals surface area contributed by atoms with E-state index in [1.807, 2.05) is 30.3 Å². The Hall–Kier alpha value is -1.94. The van der Waals surface area contributed by atoms with Gasteiger partial charge < -0.3 is 11.1 Å². The SMILES string of the molecule is NCC1(NC(=O)c2ccc3ccccc3n2)CC1. The molecule has 0 saturated heterocycles. The van der Waals surface area contributed by atoms with E-state index in [0.717, 1.165) is 23.7 Å². The summed E-state index contributed by atoms with van der Waals surface area (Å²) in [5.74, 6) is -0.135. The third-order valence-corrected chi connectivity index (χ3v) is 3.45. The molecule has 0 atom stereocenters. The molecule has 1 amide bonds. The van der Waals surface area contributed by atoms with Crippen LogP contribution in [0, 0.1) is 0 Å². The summed E-state index contributed by atoms with van der Waals surface area (Å²) < 4.78 is 0. The molecule has 0 radical (unpaired) electrons. The van der Waals surface area contributed by atoms with Gasteiger partial charge >= 0.3 is 0 Å². The normalized spacial score (nSPS) is 16.5. The van der Waals surface area contributed by atoms with Gasteiger partial charge in [-0.3, -0.25) is 4.79 Å². The molecule has 92 valence electrons. The predicted molar refractivity (Wildman–Crippen MR) is 70.2 cm³/mol. The van der Waals surface area contributed by atoms with Gasteiger partial charge in [0, 0.05) is 11.9 Å². The van der Waals surface area contributed by atoms with Crippen molar-refractivity contribution in [1.82, 2.24) is 10.3 Å². The number of aromatic nitrogens is 1. The van der Waals surface area contributed by atoms with Gasteiger partial charge in [0.25, 0.3) is 5.91 Å². The van der Waals surface area contributed by atoms with Crippen LogP contribution in [0.5, 0.6) is 0 Å². The first kappa shape index (κ1) is 11.2. The number of benzene rings is 1. The Bertz CT molecular complexity index is 605. The van der Waals surface area contributed by atoms with Gasteiger partial charge in [-0.25, -0.2) is 4.98 Å². The van der Waals surface area contributed by atoms with E-state index in [2.05, 4.69) is 10.3 Å². The number of carbonyl (C=O) groups excluding carboxylic acids is 1. The van der Waals surface area contributed by atoms with E-state index < -0.39 is 0 Å². The van der Waals surface area contributed by atoms with Gasteiger partial charge in [0.2, 0.25) is 0 Å². The summed E-state index contributed by atoms with van der Waals surface area (Å²) in [5, 5.41) is 4.01. The van der Waals surface area contributed by atoms with E-state index in [-0.39, 0.29) is 11.4 Å². The summed E-state index contributed by atoms with van der Waals surface area (Å²) in [6, 6.07) is 11.4. The average Bonchev–Trinajstić information content (AvgIpc) is 3.18. The molecular formula is C14H15N3O. The van der Waals surface area contributed by atoms with Crippen molar-refractivity contribution in [2.45, 2.75) is 18.4 Å². The van der Waals surface area contributed by atoms with Gasteiger partial charge in [-0.1, -0.05) is 24.3 Å². The summed E-state index contributed by atoms with van der Waals surface area (Å²) in [6.45, 7) is 0.492. The Balaban J connectivity index is 1.87. The van der Waals surface area contributed by atoms with E-state index in [9.17, 15) is 4.79 Å². The molecule has 1 aromatic carbocycles. The zero-order chi connectivity index (χ0) is 12.6. The summed E-state index contributed by atoms with van der Waals surface area (Å²) in [4.78, 5) is 16.4. The third kappa shape index (κ3) is 1.95. The number of hydrogen-bond donors (Lipinski definition) is 2. The van der Waals surface area contributed by atoms with Crippen LogP contribution >= 0.6 is 0 Å². The molecule has 1 aliphatic carbocycles. The van der Waals surface area contributed by atoms with Crippen LogP contribution in [0.2, 0.25) is 0 Å². The number of nitrogens with two attached hydrogens (primary N) is 1. The molecule has 18 heavy (non-hydrogen) atoms. The molecule has 0 unspecified atom stereocenters. The fourth-order valence-corrected chi connectivity index (χ4v) is 2.03. The lowest BCUT2D eigenvalue weighted by molar-refractivity contribution is 0.0928. The molecule has 0 spiro atoms. The standard InChI is InChI=1S/C14H15N3O/c15-9-14(7-8-14)17-13(18)12-6-5-10-3-1-2-4-11(10)16-12/h1-6H,7-9,15H2,(H,17,18). The molecule has 1 aliphatic rings. The third-order valence-electron chi connectivity index (χ3n) is 3.45. The summed E-state index contributed by atoms with van der Waals surface area (Å²) in [5.41, 5.74) is 6.76. The molecule has 1 saturated carbocycles. The lowest BCUT2D eigenvalue weighted by Gasteiger charge is -2.14. The maximum Gasteiger partial charge on any atom is 0.270 e. The van der Waals surface area contributed by atoms with Gasteiger partial charge in [-0.2, -0.15) is 0 Å². The van der Waals surface area contributed by atoms with Crippen molar-refractivity contribution in [1.29, 1.82) is 0 Å². The Kier molecular flexibility index (Phi) is 2.52. The van der Waals surface area contributed by atoms with Crippen LogP contribution in [0.1, 0.15) is 23.3 Å². The highest BCUT2D eigenvalue weighted by Gasteiger charge is 2.42. The quantitative estimate of drug-likeness (QED) is 0.854. The molecule has 4 heteroatoms. The molecule has 3 N–H and O–H groups in total. The van der Waals surface area contributed by atoms with Crippen LogP contribution in [-0.4, -0.2) is 23.0 Å². The van der Waals surface area contributed by atoms with Crippen molar-refractivity contribution in [2.24, 2.45) is 5.73 Å². The minimum atomic E-state index is -0.176. The van der Waals surface area contributed by atoms with Crippen molar-refractivity contribution in [3.05, 3.63) is 42.1 Å². The predicted octanol–water partition coefficient (Wildman–Crippen LogP) is 1.46. The number of para-hydroxylation sites is 1. The zero-order valence-corrected chi connectivity index (χ0v) is 10.0. The Morgan fingerprint density at radius 3 is 2.78 bits per heavy atom. The largest absolute Gasteiger partial charge is 0.344 e. The molecule has 1 aromatic heterocycles. The first-order valence-corrected chi connectivity index (χ1v) is 6.11. The van der Waals surface area contributed by atoms with Gasteiger partial charge in [-0.05, 0) is 25.0 Å². The van der Waals surface area contributed by atoms with Crippen LogP contribution in [0.25, 0.3) is 10.9 Å². The molecule has 1 heterocycles. The minimum Gasteiger partial charge on any atom is -0.344 e. The van der Waals surface area contributed by atoms with Gasteiger partial charge in [0.05, 0.1) is 11.1 Å². The van der Waals surface area contributed by atoms with E-state index in [1.165, 1.54) is 0 Å². The molecule has 1 fully saturated rings. The molecule has 2 aromatic rings.